The van der Waals surface area contributed by atoms with Crippen LogP contribution in [0.3, 0.4) is 0 Å². The predicted molar refractivity (Wildman–Crippen MR) is 74.2 cm³/mol. The van der Waals surface area contributed by atoms with Gasteiger partial charge >= 0.3 is 0 Å². The summed E-state index contributed by atoms with van der Waals surface area (Å²) in [5, 5.41) is 10.8. The largest absolute Gasteiger partial charge is 0.356 e. The van der Waals surface area contributed by atoms with E-state index < -0.39 is 4.92 Å². The molecular formula is C13H20N4O2. The number of aryl methyl sites for hydroxylation is 1. The number of hydrogen-bond donors (Lipinski definition) is 1. The van der Waals surface area contributed by atoms with Crippen LogP contribution in [-0.2, 0) is 0 Å². The summed E-state index contributed by atoms with van der Waals surface area (Å²) in [5.74, 6) is 1.28. The van der Waals surface area contributed by atoms with Crippen molar-refractivity contribution in [1.29, 1.82) is 0 Å². The Balaban J connectivity index is 2.18. The number of nitrogens with zero attached hydrogens (tertiary/aromatic N) is 3. The summed E-state index contributed by atoms with van der Waals surface area (Å²) in [5.41, 5.74) is 6.81. The average Bonchev–Trinajstić information content (AvgIpc) is 2.38. The molecule has 1 aromatic heterocycles. The molecule has 104 valence electrons. The zero-order chi connectivity index (χ0) is 14.0. The molecule has 6 nitrogen and oxygen atoms in total. The second-order valence-electron chi connectivity index (χ2n) is 5.15. The molecule has 2 N–H and O–H groups in total. The number of pyridine rings is 1. The quantitative estimate of drug-likeness (QED) is 0.665. The van der Waals surface area contributed by atoms with Crippen molar-refractivity contribution in [3.8, 4) is 0 Å². The molecule has 0 aromatic carbocycles. The summed E-state index contributed by atoms with van der Waals surface area (Å²) in [7, 11) is 0. The molecule has 1 aromatic rings. The van der Waals surface area contributed by atoms with E-state index in [4.69, 9.17) is 5.73 Å². The lowest BCUT2D eigenvalue weighted by molar-refractivity contribution is -0.385. The number of aromatic nitrogens is 1. The van der Waals surface area contributed by atoms with Crippen molar-refractivity contribution in [2.75, 3.05) is 18.0 Å². The molecule has 2 atom stereocenters. The molecule has 0 amide bonds. The van der Waals surface area contributed by atoms with Gasteiger partial charge in [-0.25, -0.2) is 4.98 Å². The van der Waals surface area contributed by atoms with Gasteiger partial charge in [0, 0.05) is 24.7 Å². The van der Waals surface area contributed by atoms with Gasteiger partial charge in [-0.1, -0.05) is 13.3 Å². The van der Waals surface area contributed by atoms with Gasteiger partial charge in [-0.05, 0) is 25.3 Å². The Hall–Kier alpha value is -1.69. The lowest BCUT2D eigenvalue weighted by Crippen LogP contribution is -2.47. The smallest absolute Gasteiger partial charge is 0.290 e. The highest BCUT2D eigenvalue weighted by atomic mass is 16.6. The van der Waals surface area contributed by atoms with Crippen molar-refractivity contribution >= 4 is 11.5 Å². The van der Waals surface area contributed by atoms with Crippen molar-refractivity contribution in [1.82, 2.24) is 4.98 Å². The monoisotopic (exact) mass is 264 g/mol. The second-order valence-corrected chi connectivity index (χ2v) is 5.15. The third-order valence-electron chi connectivity index (χ3n) is 3.91. The zero-order valence-electron chi connectivity index (χ0n) is 11.4. The Morgan fingerprint density at radius 2 is 2.37 bits per heavy atom. The first-order valence-corrected chi connectivity index (χ1v) is 6.64. The molecule has 0 bridgehead atoms. The highest BCUT2D eigenvalue weighted by Gasteiger charge is 2.26. The molecular weight excluding hydrogens is 244 g/mol. The van der Waals surface area contributed by atoms with Crippen LogP contribution in [0.5, 0.6) is 0 Å². The minimum absolute atomic E-state index is 0.0736. The third-order valence-corrected chi connectivity index (χ3v) is 3.91. The molecule has 6 heteroatoms. The Bertz CT molecular complexity index is 478. The highest BCUT2D eigenvalue weighted by Crippen LogP contribution is 2.26. The average molecular weight is 264 g/mol. The van der Waals surface area contributed by atoms with Gasteiger partial charge in [-0.15, -0.1) is 0 Å². The SMILES string of the molecule is CCC1CN(c2cc(C)c([N+](=O)[O-])cn2)CCC1N. The molecule has 2 unspecified atom stereocenters. The predicted octanol–water partition coefficient (Wildman–Crippen LogP) is 1.86. The molecule has 1 fully saturated rings. The van der Waals surface area contributed by atoms with Gasteiger partial charge in [0.05, 0.1) is 4.92 Å². The van der Waals surface area contributed by atoms with Crippen molar-refractivity contribution in [3.63, 3.8) is 0 Å². The molecule has 0 saturated carbocycles. The Labute approximate surface area is 112 Å². The molecule has 2 heterocycles. The first-order chi connectivity index (χ1) is 9.02. The minimum Gasteiger partial charge on any atom is -0.356 e. The number of hydrogen-bond acceptors (Lipinski definition) is 5. The topological polar surface area (TPSA) is 85.3 Å². The van der Waals surface area contributed by atoms with Crippen molar-refractivity contribution in [2.45, 2.75) is 32.7 Å². The van der Waals surface area contributed by atoms with E-state index in [1.54, 1.807) is 13.0 Å². The summed E-state index contributed by atoms with van der Waals surface area (Å²) in [6.07, 6.45) is 3.33. The van der Waals surface area contributed by atoms with Gasteiger partial charge in [-0.3, -0.25) is 10.1 Å². The lowest BCUT2D eigenvalue weighted by Gasteiger charge is -2.37. The standard InChI is InChI=1S/C13H20N4O2/c1-3-10-8-16(5-4-11(10)14)13-6-9(2)12(7-15-13)17(18)19/h6-7,10-11H,3-5,8,14H2,1-2H3. The van der Waals surface area contributed by atoms with Crippen LogP contribution < -0.4 is 10.6 Å². The normalized spacial score (nSPS) is 23.4. The number of piperidine rings is 1. The fraction of sp³-hybridized carbons (Fsp3) is 0.615. The first-order valence-electron chi connectivity index (χ1n) is 6.64. The maximum absolute atomic E-state index is 10.8. The van der Waals surface area contributed by atoms with Crippen LogP contribution in [0.4, 0.5) is 11.5 Å². The third kappa shape index (κ3) is 2.84. The van der Waals surface area contributed by atoms with Gasteiger partial charge in [0.25, 0.3) is 5.69 Å². The molecule has 1 aliphatic heterocycles. The van der Waals surface area contributed by atoms with Crippen molar-refractivity contribution < 1.29 is 4.92 Å². The summed E-state index contributed by atoms with van der Waals surface area (Å²) in [6, 6.07) is 2.04. The van der Waals surface area contributed by atoms with Crippen LogP contribution in [0.2, 0.25) is 0 Å². The molecule has 19 heavy (non-hydrogen) atoms. The number of nitrogens with two attached hydrogens (primary N) is 1. The first kappa shape index (κ1) is 13.7. The van der Waals surface area contributed by atoms with Crippen LogP contribution >= 0.6 is 0 Å². The minimum atomic E-state index is -0.396. The van der Waals surface area contributed by atoms with Crippen molar-refractivity contribution in [2.24, 2.45) is 11.7 Å². The van der Waals surface area contributed by atoms with E-state index in [-0.39, 0.29) is 11.7 Å². The fourth-order valence-corrected chi connectivity index (χ4v) is 2.59. The van der Waals surface area contributed by atoms with Crippen LogP contribution in [0.15, 0.2) is 12.3 Å². The summed E-state index contributed by atoms with van der Waals surface area (Å²) in [6.45, 7) is 5.63. The Morgan fingerprint density at radius 3 is 2.95 bits per heavy atom. The zero-order valence-corrected chi connectivity index (χ0v) is 11.4. The van der Waals surface area contributed by atoms with Crippen LogP contribution in [0, 0.1) is 23.0 Å². The molecule has 0 spiro atoms. The van der Waals surface area contributed by atoms with E-state index in [9.17, 15) is 10.1 Å². The molecule has 1 aliphatic rings. The molecule has 0 aliphatic carbocycles. The number of anilines is 1. The number of nitro groups is 1. The molecule has 1 saturated heterocycles. The van der Waals surface area contributed by atoms with E-state index in [2.05, 4.69) is 16.8 Å². The van der Waals surface area contributed by atoms with Gasteiger partial charge in [-0.2, -0.15) is 0 Å². The second kappa shape index (κ2) is 5.52. The summed E-state index contributed by atoms with van der Waals surface area (Å²) < 4.78 is 0. The van der Waals surface area contributed by atoms with Crippen molar-refractivity contribution in [3.05, 3.63) is 27.9 Å². The van der Waals surface area contributed by atoms with Crippen LogP contribution in [0.1, 0.15) is 25.3 Å². The van der Waals surface area contributed by atoms with E-state index in [1.807, 2.05) is 0 Å². The van der Waals surface area contributed by atoms with E-state index in [1.165, 1.54) is 6.20 Å². The van der Waals surface area contributed by atoms with Crippen LogP contribution in [-0.4, -0.2) is 29.0 Å². The summed E-state index contributed by atoms with van der Waals surface area (Å²) >= 11 is 0. The van der Waals surface area contributed by atoms with Gasteiger partial charge < -0.3 is 10.6 Å². The Kier molecular flexibility index (Phi) is 3.99. The Morgan fingerprint density at radius 1 is 1.63 bits per heavy atom. The van der Waals surface area contributed by atoms with E-state index in [0.29, 0.717) is 11.5 Å². The van der Waals surface area contributed by atoms with Gasteiger partial charge in [0.1, 0.15) is 12.0 Å². The van der Waals surface area contributed by atoms with Crippen LogP contribution in [0.25, 0.3) is 0 Å². The lowest BCUT2D eigenvalue weighted by atomic mass is 9.91. The maximum atomic E-state index is 10.8. The highest BCUT2D eigenvalue weighted by molar-refractivity contribution is 5.49. The fourth-order valence-electron chi connectivity index (χ4n) is 2.59. The molecule has 0 radical (unpaired) electrons. The summed E-state index contributed by atoms with van der Waals surface area (Å²) in [4.78, 5) is 16.8. The van der Waals surface area contributed by atoms with E-state index >= 15 is 0 Å². The van der Waals surface area contributed by atoms with E-state index in [0.717, 1.165) is 31.7 Å². The number of rotatable bonds is 3. The maximum Gasteiger partial charge on any atom is 0.290 e. The van der Waals surface area contributed by atoms with Gasteiger partial charge in [0.2, 0.25) is 0 Å². The van der Waals surface area contributed by atoms with Gasteiger partial charge in [0.15, 0.2) is 0 Å². The molecule has 2 rings (SSSR count).